The van der Waals surface area contributed by atoms with Crippen LogP contribution in [0, 0.1) is 5.82 Å². The SMILES string of the molecule is C=Cc1c(CO)c2c(n1-c1ccc(F)c(Cl)c1)C(C)(C)CO[C@]21C[C@@H](OCC(=O)O)C1. The predicted molar refractivity (Wildman–Crippen MR) is 114 cm³/mol. The van der Waals surface area contributed by atoms with Crippen LogP contribution in [0.4, 0.5) is 4.39 Å². The first kappa shape index (κ1) is 22.0. The summed E-state index contributed by atoms with van der Waals surface area (Å²) in [5.41, 5.74) is 2.77. The van der Waals surface area contributed by atoms with Crippen LogP contribution in [0.1, 0.15) is 49.2 Å². The number of carboxylic acid groups (broad SMARTS) is 1. The summed E-state index contributed by atoms with van der Waals surface area (Å²) in [6.07, 6.45) is 2.40. The van der Waals surface area contributed by atoms with E-state index in [1.807, 2.05) is 18.4 Å². The second kappa shape index (κ2) is 7.74. The maximum Gasteiger partial charge on any atom is 0.329 e. The lowest BCUT2D eigenvalue weighted by Gasteiger charge is -2.52. The highest BCUT2D eigenvalue weighted by Gasteiger charge is 2.56. The van der Waals surface area contributed by atoms with Gasteiger partial charge in [-0.2, -0.15) is 0 Å². The Morgan fingerprint density at radius 1 is 1.45 bits per heavy atom. The molecular formula is C23H25ClFNO5. The van der Waals surface area contributed by atoms with Gasteiger partial charge in [-0.15, -0.1) is 0 Å². The number of rotatable bonds is 6. The summed E-state index contributed by atoms with van der Waals surface area (Å²) in [7, 11) is 0. The zero-order chi connectivity index (χ0) is 22.6. The molecule has 166 valence electrons. The third-order valence-corrected chi connectivity index (χ3v) is 6.48. The van der Waals surface area contributed by atoms with Gasteiger partial charge in [0.15, 0.2) is 0 Å². The zero-order valence-corrected chi connectivity index (χ0v) is 18.2. The lowest BCUT2D eigenvalue weighted by Crippen LogP contribution is -2.54. The van der Waals surface area contributed by atoms with Gasteiger partial charge in [0.25, 0.3) is 0 Å². The molecule has 0 amide bonds. The molecule has 1 aliphatic heterocycles. The number of carboxylic acids is 1. The average Bonchev–Trinajstić information content (AvgIpc) is 3.04. The molecule has 2 N–H and O–H groups in total. The number of aliphatic hydroxyl groups excluding tert-OH is 1. The summed E-state index contributed by atoms with van der Waals surface area (Å²) < 4.78 is 27.6. The van der Waals surface area contributed by atoms with E-state index in [9.17, 15) is 14.3 Å². The van der Waals surface area contributed by atoms with Crippen molar-refractivity contribution >= 4 is 23.6 Å². The molecule has 0 saturated heterocycles. The van der Waals surface area contributed by atoms with Crippen molar-refractivity contribution in [3.8, 4) is 5.69 Å². The summed E-state index contributed by atoms with van der Waals surface area (Å²) in [5, 5.41) is 19.2. The van der Waals surface area contributed by atoms with Crippen molar-refractivity contribution in [1.82, 2.24) is 4.57 Å². The molecule has 31 heavy (non-hydrogen) atoms. The zero-order valence-electron chi connectivity index (χ0n) is 17.5. The minimum atomic E-state index is -1.02. The Morgan fingerprint density at radius 3 is 2.74 bits per heavy atom. The third-order valence-electron chi connectivity index (χ3n) is 6.19. The van der Waals surface area contributed by atoms with E-state index in [1.165, 1.54) is 6.07 Å². The topological polar surface area (TPSA) is 80.9 Å². The van der Waals surface area contributed by atoms with Gasteiger partial charge in [0.1, 0.15) is 18.0 Å². The van der Waals surface area contributed by atoms with E-state index in [-0.39, 0.29) is 24.3 Å². The van der Waals surface area contributed by atoms with E-state index >= 15 is 0 Å². The van der Waals surface area contributed by atoms with E-state index in [1.54, 1.807) is 18.2 Å². The summed E-state index contributed by atoms with van der Waals surface area (Å²) in [4.78, 5) is 10.8. The fourth-order valence-corrected chi connectivity index (χ4v) is 4.98. The minimum absolute atomic E-state index is 0.00543. The molecule has 4 rings (SSSR count). The average molecular weight is 450 g/mol. The number of halogens is 2. The number of hydrogen-bond donors (Lipinski definition) is 2. The van der Waals surface area contributed by atoms with Gasteiger partial charge in [-0.05, 0) is 24.3 Å². The fourth-order valence-electron chi connectivity index (χ4n) is 4.80. The molecule has 1 aromatic carbocycles. The minimum Gasteiger partial charge on any atom is -0.480 e. The number of fused-ring (bicyclic) bond motifs is 2. The quantitative estimate of drug-likeness (QED) is 0.691. The van der Waals surface area contributed by atoms with Gasteiger partial charge in [0.05, 0.1) is 30.0 Å². The standard InChI is InChI=1S/C23H25ClFNO5/c1-4-18-15(10-27)20-21(26(18)13-5-6-17(25)16(24)7-13)22(2,3)12-31-23(20)8-14(9-23)30-11-19(28)29/h4-7,14,27H,1,8-12H2,2-3H3,(H,28,29)/t14-,23+. The van der Waals surface area contributed by atoms with Gasteiger partial charge in [-0.25, -0.2) is 9.18 Å². The van der Waals surface area contributed by atoms with Crippen LogP contribution in [0.25, 0.3) is 11.8 Å². The molecule has 6 nitrogen and oxygen atoms in total. The van der Waals surface area contributed by atoms with E-state index in [0.29, 0.717) is 36.4 Å². The van der Waals surface area contributed by atoms with Crippen molar-refractivity contribution in [2.75, 3.05) is 13.2 Å². The molecule has 1 aliphatic carbocycles. The maximum atomic E-state index is 13.8. The first-order valence-corrected chi connectivity index (χ1v) is 10.5. The van der Waals surface area contributed by atoms with Crippen molar-refractivity contribution in [3.05, 3.63) is 58.1 Å². The van der Waals surface area contributed by atoms with Crippen molar-refractivity contribution in [2.45, 2.75) is 50.4 Å². The molecule has 2 heterocycles. The van der Waals surface area contributed by atoms with Crippen molar-refractivity contribution in [1.29, 1.82) is 0 Å². The van der Waals surface area contributed by atoms with E-state index in [4.69, 9.17) is 26.2 Å². The van der Waals surface area contributed by atoms with Crippen LogP contribution >= 0.6 is 11.6 Å². The molecule has 0 radical (unpaired) electrons. The molecular weight excluding hydrogens is 425 g/mol. The van der Waals surface area contributed by atoms with Crippen molar-refractivity contribution in [2.24, 2.45) is 0 Å². The number of aliphatic carboxylic acids is 1. The van der Waals surface area contributed by atoms with E-state index < -0.39 is 22.8 Å². The second-order valence-corrected chi connectivity index (χ2v) is 9.19. The van der Waals surface area contributed by atoms with Crippen molar-refractivity contribution < 1.29 is 28.9 Å². The number of aromatic nitrogens is 1. The van der Waals surface area contributed by atoms with Gasteiger partial charge in [0.2, 0.25) is 0 Å². The monoisotopic (exact) mass is 449 g/mol. The highest BCUT2D eigenvalue weighted by Crippen LogP contribution is 2.56. The third kappa shape index (κ3) is 3.49. The fraction of sp³-hybridized carbons (Fsp3) is 0.435. The molecule has 2 aromatic rings. The predicted octanol–water partition coefficient (Wildman–Crippen LogP) is 4.17. The van der Waals surface area contributed by atoms with Crippen molar-refractivity contribution in [3.63, 3.8) is 0 Å². The smallest absolute Gasteiger partial charge is 0.329 e. The summed E-state index contributed by atoms with van der Waals surface area (Å²) >= 11 is 6.08. The molecule has 1 aromatic heterocycles. The number of benzene rings is 1. The van der Waals surface area contributed by atoms with Crippen LogP contribution in [-0.4, -0.2) is 40.1 Å². The molecule has 1 fully saturated rings. The molecule has 2 aliphatic rings. The second-order valence-electron chi connectivity index (χ2n) is 8.79. The maximum absolute atomic E-state index is 13.8. The Balaban J connectivity index is 1.88. The Morgan fingerprint density at radius 2 is 2.16 bits per heavy atom. The highest BCUT2D eigenvalue weighted by atomic mass is 35.5. The Hall–Kier alpha value is -2.19. The Labute approximate surface area is 184 Å². The number of carbonyl (C=O) groups is 1. The van der Waals surface area contributed by atoms with Gasteiger partial charge in [0, 0.05) is 40.8 Å². The molecule has 1 saturated carbocycles. The number of aliphatic hydroxyl groups is 1. The number of ether oxygens (including phenoxy) is 2. The van der Waals surface area contributed by atoms with E-state index in [2.05, 4.69) is 6.58 Å². The highest BCUT2D eigenvalue weighted by molar-refractivity contribution is 6.30. The first-order chi connectivity index (χ1) is 14.6. The number of nitrogens with zero attached hydrogens (tertiary/aromatic N) is 1. The van der Waals surface area contributed by atoms with Crippen LogP contribution in [0.5, 0.6) is 0 Å². The van der Waals surface area contributed by atoms with Crippen LogP contribution < -0.4 is 0 Å². The lowest BCUT2D eigenvalue weighted by atomic mass is 9.66. The van der Waals surface area contributed by atoms with Gasteiger partial charge < -0.3 is 24.3 Å². The normalized spacial score (nSPS) is 24.0. The molecule has 0 bridgehead atoms. The molecule has 0 atom stereocenters. The Kier molecular flexibility index (Phi) is 5.50. The summed E-state index contributed by atoms with van der Waals surface area (Å²) in [6.45, 7) is 7.87. The van der Waals surface area contributed by atoms with Gasteiger partial charge in [-0.1, -0.05) is 32.0 Å². The van der Waals surface area contributed by atoms with Gasteiger partial charge in [-0.3, -0.25) is 0 Å². The summed E-state index contributed by atoms with van der Waals surface area (Å²) in [6, 6.07) is 4.52. The number of hydrogen-bond acceptors (Lipinski definition) is 4. The first-order valence-electron chi connectivity index (χ1n) is 10.1. The van der Waals surface area contributed by atoms with E-state index in [0.717, 1.165) is 11.3 Å². The van der Waals surface area contributed by atoms with Crippen LogP contribution in [0.2, 0.25) is 5.02 Å². The largest absolute Gasteiger partial charge is 0.480 e. The Bertz CT molecular complexity index is 1050. The summed E-state index contributed by atoms with van der Waals surface area (Å²) in [5.74, 6) is -1.53. The molecule has 1 spiro atoms. The van der Waals surface area contributed by atoms with Crippen LogP contribution in [-0.2, 0) is 31.9 Å². The van der Waals surface area contributed by atoms with Gasteiger partial charge >= 0.3 is 5.97 Å². The van der Waals surface area contributed by atoms with Crippen LogP contribution in [0.3, 0.4) is 0 Å². The lowest BCUT2D eigenvalue weighted by molar-refractivity contribution is -0.199. The molecule has 0 unspecified atom stereocenters. The molecule has 8 heteroatoms. The van der Waals surface area contributed by atoms with Crippen LogP contribution in [0.15, 0.2) is 24.8 Å².